The molecule has 5 nitrogen and oxygen atoms in total. The van der Waals surface area contributed by atoms with Gasteiger partial charge in [0.15, 0.2) is 5.96 Å². The van der Waals surface area contributed by atoms with E-state index in [9.17, 15) is 0 Å². The highest BCUT2D eigenvalue weighted by Gasteiger charge is 2.18. The molecule has 0 amide bonds. The van der Waals surface area contributed by atoms with Crippen molar-refractivity contribution in [2.75, 3.05) is 26.7 Å². The second-order valence-electron chi connectivity index (χ2n) is 4.65. The minimum atomic E-state index is 0. The molecule has 0 aromatic carbocycles. The van der Waals surface area contributed by atoms with Crippen LogP contribution in [0.4, 0.5) is 0 Å². The van der Waals surface area contributed by atoms with Crippen molar-refractivity contribution in [3.05, 3.63) is 17.0 Å². The van der Waals surface area contributed by atoms with Crippen molar-refractivity contribution in [1.29, 1.82) is 0 Å². The number of halogens is 1. The summed E-state index contributed by atoms with van der Waals surface area (Å²) in [6, 6.07) is 0. The van der Waals surface area contributed by atoms with E-state index in [-0.39, 0.29) is 24.0 Å². The summed E-state index contributed by atoms with van der Waals surface area (Å²) in [6.45, 7) is 8.87. The van der Waals surface area contributed by atoms with Gasteiger partial charge in [0, 0.05) is 31.6 Å². The minimum absolute atomic E-state index is 0. The third-order valence-electron chi connectivity index (χ3n) is 3.21. The van der Waals surface area contributed by atoms with E-state index in [0.29, 0.717) is 5.92 Å². The van der Waals surface area contributed by atoms with Crippen LogP contribution in [-0.4, -0.2) is 42.7 Å². The third kappa shape index (κ3) is 3.15. The SMILES string of the molecule is Cc1noc(C)c1C(C)CNC1=NCCN1C.I. The maximum Gasteiger partial charge on any atom is 0.193 e. The monoisotopic (exact) mass is 364 g/mol. The highest BCUT2D eigenvalue weighted by atomic mass is 127. The van der Waals surface area contributed by atoms with Gasteiger partial charge in [-0.2, -0.15) is 0 Å². The molecule has 1 N–H and O–H groups in total. The highest BCUT2D eigenvalue weighted by molar-refractivity contribution is 14.0. The first-order chi connectivity index (χ1) is 8.09. The molecule has 6 heteroatoms. The van der Waals surface area contributed by atoms with Crippen molar-refractivity contribution in [3.8, 4) is 0 Å². The summed E-state index contributed by atoms with van der Waals surface area (Å²) in [5, 5.41) is 7.37. The van der Waals surface area contributed by atoms with E-state index in [2.05, 4.69) is 34.3 Å². The molecule has 1 aliphatic rings. The number of nitrogens with one attached hydrogen (secondary N) is 1. The Morgan fingerprint density at radius 3 is 2.67 bits per heavy atom. The number of nitrogens with zero attached hydrogens (tertiary/aromatic N) is 3. The van der Waals surface area contributed by atoms with Crippen LogP contribution >= 0.6 is 24.0 Å². The summed E-state index contributed by atoms with van der Waals surface area (Å²) in [6.07, 6.45) is 0. The van der Waals surface area contributed by atoms with Crippen molar-refractivity contribution in [3.63, 3.8) is 0 Å². The van der Waals surface area contributed by atoms with E-state index in [1.165, 1.54) is 5.56 Å². The number of guanidine groups is 1. The van der Waals surface area contributed by atoms with Gasteiger partial charge < -0.3 is 14.7 Å². The quantitative estimate of drug-likeness (QED) is 0.833. The van der Waals surface area contributed by atoms with Crippen molar-refractivity contribution < 1.29 is 4.52 Å². The fourth-order valence-corrected chi connectivity index (χ4v) is 2.26. The second kappa shape index (κ2) is 6.40. The lowest BCUT2D eigenvalue weighted by Gasteiger charge is -2.18. The predicted octanol–water partition coefficient (Wildman–Crippen LogP) is 1.90. The molecule has 0 bridgehead atoms. The van der Waals surface area contributed by atoms with Crippen LogP contribution in [0.15, 0.2) is 9.52 Å². The van der Waals surface area contributed by atoms with Crippen molar-refractivity contribution in [2.24, 2.45) is 4.99 Å². The minimum Gasteiger partial charge on any atom is -0.361 e. The predicted molar refractivity (Wildman–Crippen MR) is 82.7 cm³/mol. The van der Waals surface area contributed by atoms with Crippen molar-refractivity contribution >= 4 is 29.9 Å². The first-order valence-electron chi connectivity index (χ1n) is 6.02. The molecule has 1 aliphatic heterocycles. The smallest absolute Gasteiger partial charge is 0.193 e. The molecule has 1 atom stereocenters. The lowest BCUT2D eigenvalue weighted by Crippen LogP contribution is -2.37. The summed E-state index contributed by atoms with van der Waals surface area (Å²) < 4.78 is 5.19. The van der Waals surface area contributed by atoms with Gasteiger partial charge in [-0.15, -0.1) is 24.0 Å². The number of hydrogen-bond donors (Lipinski definition) is 1. The summed E-state index contributed by atoms with van der Waals surface area (Å²) >= 11 is 0. The van der Waals surface area contributed by atoms with Gasteiger partial charge in [0.1, 0.15) is 5.76 Å². The van der Waals surface area contributed by atoms with Gasteiger partial charge in [0.2, 0.25) is 0 Å². The van der Waals surface area contributed by atoms with Crippen LogP contribution in [0.2, 0.25) is 0 Å². The van der Waals surface area contributed by atoms with Crippen LogP contribution in [0.5, 0.6) is 0 Å². The molecule has 0 fully saturated rings. The normalized spacial score (nSPS) is 16.2. The first kappa shape index (κ1) is 15.3. The first-order valence-corrected chi connectivity index (χ1v) is 6.02. The topological polar surface area (TPSA) is 53.7 Å². The van der Waals surface area contributed by atoms with Crippen molar-refractivity contribution in [2.45, 2.75) is 26.7 Å². The van der Waals surface area contributed by atoms with Crippen LogP contribution in [0.25, 0.3) is 0 Å². The van der Waals surface area contributed by atoms with E-state index >= 15 is 0 Å². The Morgan fingerprint density at radius 1 is 1.44 bits per heavy atom. The Labute approximate surface area is 125 Å². The average Bonchev–Trinajstić information content (AvgIpc) is 2.83. The van der Waals surface area contributed by atoms with Crippen molar-refractivity contribution in [1.82, 2.24) is 15.4 Å². The van der Waals surface area contributed by atoms with E-state index in [0.717, 1.165) is 37.0 Å². The molecule has 0 saturated carbocycles. The summed E-state index contributed by atoms with van der Waals surface area (Å²) in [4.78, 5) is 6.55. The Morgan fingerprint density at radius 2 is 2.17 bits per heavy atom. The molecule has 0 saturated heterocycles. The van der Waals surface area contributed by atoms with Gasteiger partial charge in [-0.3, -0.25) is 4.99 Å². The van der Waals surface area contributed by atoms with E-state index in [1.54, 1.807) is 0 Å². The summed E-state index contributed by atoms with van der Waals surface area (Å²) in [5.74, 6) is 2.28. The van der Waals surface area contributed by atoms with Gasteiger partial charge in [-0.1, -0.05) is 12.1 Å². The summed E-state index contributed by atoms with van der Waals surface area (Å²) in [7, 11) is 2.05. The Hall–Kier alpha value is -0.790. The van der Waals surface area contributed by atoms with Crippen LogP contribution in [0.1, 0.15) is 29.9 Å². The van der Waals surface area contributed by atoms with Gasteiger partial charge in [0.25, 0.3) is 0 Å². The fraction of sp³-hybridized carbons (Fsp3) is 0.667. The zero-order valence-corrected chi connectivity index (χ0v) is 13.7. The molecule has 102 valence electrons. The number of rotatable bonds is 3. The largest absolute Gasteiger partial charge is 0.361 e. The van der Waals surface area contributed by atoms with Gasteiger partial charge in [-0.05, 0) is 13.8 Å². The Balaban J connectivity index is 0.00000162. The second-order valence-corrected chi connectivity index (χ2v) is 4.65. The van der Waals surface area contributed by atoms with Crippen LogP contribution in [0.3, 0.4) is 0 Å². The standard InChI is InChI=1S/C12H20N4O.HI/c1-8(11-9(2)15-17-10(11)3)7-14-12-13-5-6-16(12)4;/h8H,5-7H2,1-4H3,(H,13,14);1H. The number of hydrogen-bond acceptors (Lipinski definition) is 5. The fourth-order valence-electron chi connectivity index (χ4n) is 2.26. The Bertz CT molecular complexity index is 410. The molecular formula is C12H21IN4O. The molecule has 1 aromatic heterocycles. The molecule has 1 unspecified atom stereocenters. The van der Waals surface area contributed by atoms with E-state index in [4.69, 9.17) is 4.52 Å². The van der Waals surface area contributed by atoms with Gasteiger partial charge >= 0.3 is 0 Å². The molecular weight excluding hydrogens is 343 g/mol. The molecule has 2 rings (SSSR count). The number of aromatic nitrogens is 1. The van der Waals surface area contributed by atoms with Gasteiger partial charge in [0.05, 0.1) is 12.2 Å². The lowest BCUT2D eigenvalue weighted by molar-refractivity contribution is 0.391. The van der Waals surface area contributed by atoms with Crippen LogP contribution in [-0.2, 0) is 0 Å². The zero-order valence-electron chi connectivity index (χ0n) is 11.4. The number of aliphatic imine (C=N–C) groups is 1. The molecule has 0 aliphatic carbocycles. The number of aryl methyl sites for hydroxylation is 2. The highest BCUT2D eigenvalue weighted by Crippen LogP contribution is 2.22. The molecule has 18 heavy (non-hydrogen) atoms. The maximum atomic E-state index is 5.19. The molecule has 2 heterocycles. The number of likely N-dealkylation sites (N-methyl/N-ethyl adjacent to an activating group) is 1. The maximum absolute atomic E-state index is 5.19. The molecule has 0 radical (unpaired) electrons. The van der Waals surface area contributed by atoms with E-state index < -0.39 is 0 Å². The average molecular weight is 364 g/mol. The third-order valence-corrected chi connectivity index (χ3v) is 3.21. The Kier molecular flexibility index (Phi) is 5.43. The van der Waals surface area contributed by atoms with E-state index in [1.807, 2.05) is 13.8 Å². The zero-order chi connectivity index (χ0) is 12.4. The van der Waals surface area contributed by atoms with Gasteiger partial charge in [-0.25, -0.2) is 0 Å². The summed E-state index contributed by atoms with van der Waals surface area (Å²) in [5.41, 5.74) is 2.19. The molecule has 1 aromatic rings. The lowest BCUT2D eigenvalue weighted by atomic mass is 10.00. The molecule has 0 spiro atoms. The van der Waals surface area contributed by atoms with Crippen LogP contribution < -0.4 is 5.32 Å². The van der Waals surface area contributed by atoms with Crippen LogP contribution in [0, 0.1) is 13.8 Å².